The van der Waals surface area contributed by atoms with Crippen molar-refractivity contribution in [3.05, 3.63) is 16.0 Å². The molecule has 0 spiro atoms. The van der Waals surface area contributed by atoms with Gasteiger partial charge in [0.15, 0.2) is 0 Å². The van der Waals surface area contributed by atoms with Gasteiger partial charge in [-0.25, -0.2) is 0 Å². The van der Waals surface area contributed by atoms with Crippen LogP contribution in [0.15, 0.2) is 0 Å². The molecule has 0 aromatic rings. The van der Waals surface area contributed by atoms with Crippen LogP contribution in [0, 0.1) is 0 Å². The number of nitrogens with zero attached hydrogens (tertiary/aromatic N) is 3. The van der Waals surface area contributed by atoms with Crippen LogP contribution in [-0.2, 0) is 32.7 Å². The van der Waals surface area contributed by atoms with E-state index in [2.05, 4.69) is 141 Å². The van der Waals surface area contributed by atoms with Crippen LogP contribution in [-0.4, -0.2) is 33.2 Å². The summed E-state index contributed by atoms with van der Waals surface area (Å²) < 4.78 is 0. The van der Waals surface area contributed by atoms with Crippen molar-refractivity contribution in [1.82, 2.24) is 0 Å². The van der Waals surface area contributed by atoms with Gasteiger partial charge in [-0.15, -0.1) is 33.2 Å². The Hall–Kier alpha value is 0.984. The number of hydrogen-bond donors (Lipinski definition) is 0. The van der Waals surface area contributed by atoms with E-state index in [1.165, 1.54) is 0 Å². The summed E-state index contributed by atoms with van der Waals surface area (Å²) in [6.07, 6.45) is 0. The topological polar surface area (TPSA) is 42.3 Å². The molecule has 0 aliphatic carbocycles. The van der Waals surface area contributed by atoms with Crippen LogP contribution in [0.4, 0.5) is 0 Å². The Labute approximate surface area is 205 Å². The molecule has 0 aliphatic heterocycles. The van der Waals surface area contributed by atoms with Gasteiger partial charge in [-0.2, -0.15) is 0 Å². The molecule has 4 heteroatoms. The minimum Gasteiger partial charge on any atom is -0.653 e. The van der Waals surface area contributed by atoms with Crippen LogP contribution in [0.3, 0.4) is 0 Å². The first-order valence-electron chi connectivity index (χ1n) is 10.3. The van der Waals surface area contributed by atoms with Crippen molar-refractivity contribution in [2.24, 2.45) is 0 Å². The minimum absolute atomic E-state index is 0. The van der Waals surface area contributed by atoms with Crippen LogP contribution >= 0.6 is 0 Å². The van der Waals surface area contributed by atoms with Gasteiger partial charge in [0.2, 0.25) is 0 Å². The van der Waals surface area contributed by atoms with Crippen molar-refractivity contribution >= 4 is 0 Å². The van der Waals surface area contributed by atoms with Gasteiger partial charge in [0.1, 0.15) is 0 Å². The van der Waals surface area contributed by atoms with Crippen LogP contribution in [0.5, 0.6) is 0 Å². The average Bonchev–Trinajstić information content (AvgIpc) is 1.96. The van der Waals surface area contributed by atoms with Gasteiger partial charge >= 0.3 is 32.7 Å². The third-order valence-electron chi connectivity index (χ3n) is 2.01. The van der Waals surface area contributed by atoms with E-state index in [-0.39, 0.29) is 65.9 Å². The van der Waals surface area contributed by atoms with E-state index >= 15 is 0 Å². The molecule has 0 aliphatic rings. The van der Waals surface area contributed by atoms with Crippen LogP contribution in [0.1, 0.15) is 125 Å². The van der Waals surface area contributed by atoms with E-state index < -0.39 is 0 Å². The van der Waals surface area contributed by atoms with E-state index in [9.17, 15) is 0 Å². The SMILES string of the molecule is CC(C)(C)[N-]C(C)(C)C.CC(C)(C)[N-]C(C)(C)C.CC(C)(C)[N-]C(C)(C)C.[Y+3]. The first-order valence-corrected chi connectivity index (χ1v) is 10.3. The Bertz CT molecular complexity index is 277. The van der Waals surface area contributed by atoms with Gasteiger partial charge in [0.25, 0.3) is 0 Å². The molecular weight excluding hydrogens is 419 g/mol. The number of rotatable bonds is 0. The Kier molecular flexibility index (Phi) is 16.6. The molecule has 0 heterocycles. The third kappa shape index (κ3) is 50.6. The van der Waals surface area contributed by atoms with Crippen molar-refractivity contribution < 1.29 is 32.7 Å². The Balaban J connectivity index is -0.000000152. The molecule has 0 N–H and O–H groups in total. The van der Waals surface area contributed by atoms with Crippen molar-refractivity contribution in [3.63, 3.8) is 0 Å². The maximum atomic E-state index is 4.54. The molecule has 0 unspecified atom stereocenters. The molecule has 3 nitrogen and oxygen atoms in total. The maximum Gasteiger partial charge on any atom is 3.00 e. The molecule has 0 fully saturated rings. The molecule has 0 rings (SSSR count). The Morgan fingerprint density at radius 1 is 0.250 bits per heavy atom. The largest absolute Gasteiger partial charge is 3.00 e. The first kappa shape index (κ1) is 36.4. The van der Waals surface area contributed by atoms with Gasteiger partial charge in [0.05, 0.1) is 0 Å². The van der Waals surface area contributed by atoms with E-state index in [0.29, 0.717) is 0 Å². The quantitative estimate of drug-likeness (QED) is 0.337. The van der Waals surface area contributed by atoms with E-state index in [0.717, 1.165) is 0 Å². The van der Waals surface area contributed by atoms with E-state index in [1.807, 2.05) is 0 Å². The second kappa shape index (κ2) is 12.7. The predicted octanol–water partition coefficient (Wildman–Crippen LogP) is 8.87. The fraction of sp³-hybridized carbons (Fsp3) is 1.00. The van der Waals surface area contributed by atoms with E-state index in [4.69, 9.17) is 0 Å². The molecule has 0 atom stereocenters. The molecular formula is C24H54N3Y. The van der Waals surface area contributed by atoms with Crippen LogP contribution in [0.2, 0.25) is 0 Å². The Morgan fingerprint density at radius 2 is 0.321 bits per heavy atom. The normalized spacial score (nSPS) is 13.5. The predicted molar refractivity (Wildman–Crippen MR) is 129 cm³/mol. The van der Waals surface area contributed by atoms with Gasteiger partial charge in [-0.1, -0.05) is 125 Å². The summed E-state index contributed by atoms with van der Waals surface area (Å²) in [6.45, 7) is 38.2. The fourth-order valence-corrected chi connectivity index (χ4v) is 3.02. The van der Waals surface area contributed by atoms with Crippen molar-refractivity contribution in [2.75, 3.05) is 0 Å². The fourth-order valence-electron chi connectivity index (χ4n) is 3.02. The third-order valence-corrected chi connectivity index (χ3v) is 2.01. The molecule has 168 valence electrons. The molecule has 0 radical (unpaired) electrons. The number of hydrogen-bond acceptors (Lipinski definition) is 0. The molecule has 0 saturated carbocycles. The standard InChI is InChI=1S/3C8H18N.Y/c3*1-7(2,3)9-8(4,5)6;/h3*1-6H3;/q3*-1;+3. The second-order valence-electron chi connectivity index (χ2n) is 13.4. The first-order chi connectivity index (χ1) is 11.1. The summed E-state index contributed by atoms with van der Waals surface area (Å²) in [5.74, 6) is 0. The Morgan fingerprint density at radius 3 is 0.321 bits per heavy atom. The molecule has 0 saturated heterocycles. The smallest absolute Gasteiger partial charge is 0.653 e. The van der Waals surface area contributed by atoms with Gasteiger partial charge in [-0.05, 0) is 0 Å². The molecule has 0 aromatic heterocycles. The summed E-state index contributed by atoms with van der Waals surface area (Å²) >= 11 is 0. The maximum absolute atomic E-state index is 4.54. The molecule has 0 aromatic carbocycles. The summed E-state index contributed by atoms with van der Waals surface area (Å²) in [5, 5.41) is 13.6. The summed E-state index contributed by atoms with van der Waals surface area (Å²) in [5.41, 5.74) is 0.656. The molecule has 28 heavy (non-hydrogen) atoms. The van der Waals surface area contributed by atoms with Gasteiger partial charge < -0.3 is 16.0 Å². The zero-order valence-corrected chi connectivity index (χ0v) is 25.8. The second-order valence-corrected chi connectivity index (χ2v) is 13.4. The average molecular weight is 474 g/mol. The summed E-state index contributed by atoms with van der Waals surface area (Å²) in [7, 11) is 0. The monoisotopic (exact) mass is 473 g/mol. The van der Waals surface area contributed by atoms with E-state index in [1.54, 1.807) is 0 Å². The zero-order valence-electron chi connectivity index (χ0n) is 22.9. The van der Waals surface area contributed by atoms with Crippen molar-refractivity contribution in [2.45, 2.75) is 158 Å². The van der Waals surface area contributed by atoms with Crippen molar-refractivity contribution in [3.8, 4) is 0 Å². The summed E-state index contributed by atoms with van der Waals surface area (Å²) in [6, 6.07) is 0. The van der Waals surface area contributed by atoms with Gasteiger partial charge in [-0.3, -0.25) is 0 Å². The van der Waals surface area contributed by atoms with Gasteiger partial charge in [0, 0.05) is 0 Å². The minimum atomic E-state index is 0. The summed E-state index contributed by atoms with van der Waals surface area (Å²) in [4.78, 5) is 0. The van der Waals surface area contributed by atoms with Crippen LogP contribution in [0.25, 0.3) is 16.0 Å². The molecule has 0 amide bonds. The molecule has 0 bridgehead atoms. The zero-order chi connectivity index (χ0) is 23.1. The van der Waals surface area contributed by atoms with Crippen LogP contribution < -0.4 is 0 Å². The van der Waals surface area contributed by atoms with Crippen molar-refractivity contribution in [1.29, 1.82) is 0 Å².